The van der Waals surface area contributed by atoms with Crippen molar-refractivity contribution in [1.29, 1.82) is 0 Å². The smallest absolute Gasteiger partial charge is 0.188 e. The Morgan fingerprint density at radius 1 is 1.14 bits per heavy atom. The van der Waals surface area contributed by atoms with Crippen LogP contribution < -0.4 is 9.92 Å². The second-order valence-electron chi connectivity index (χ2n) is 8.26. The lowest BCUT2D eigenvalue weighted by Crippen LogP contribution is -2.39. The molecule has 0 aliphatic heterocycles. The first-order valence-corrected chi connectivity index (χ1v) is 11.9. The lowest BCUT2D eigenvalue weighted by Gasteiger charge is -2.32. The minimum Gasteiger partial charge on any atom is -0.468 e. The van der Waals surface area contributed by atoms with E-state index in [-0.39, 0.29) is 5.41 Å². The molecular formula is C19H34O2Si. The molecule has 0 bridgehead atoms. The zero-order chi connectivity index (χ0) is 17.0. The van der Waals surface area contributed by atoms with Crippen molar-refractivity contribution in [3.8, 4) is 5.75 Å². The number of benzene rings is 1. The first-order chi connectivity index (χ1) is 10.1. The molecule has 0 saturated heterocycles. The fourth-order valence-electron chi connectivity index (χ4n) is 2.99. The second-order valence-corrected chi connectivity index (χ2v) is 13.3. The number of methoxy groups -OCH3 is 1. The fourth-order valence-corrected chi connectivity index (χ4v) is 4.48. The van der Waals surface area contributed by atoms with E-state index >= 15 is 0 Å². The van der Waals surface area contributed by atoms with E-state index in [1.165, 1.54) is 23.6 Å². The highest BCUT2D eigenvalue weighted by Gasteiger charge is 2.28. The molecule has 3 heteroatoms. The Kier molecular flexibility index (Phi) is 6.69. The van der Waals surface area contributed by atoms with E-state index in [1.54, 1.807) is 7.11 Å². The van der Waals surface area contributed by atoms with Crippen LogP contribution in [0.25, 0.3) is 0 Å². The van der Waals surface area contributed by atoms with Gasteiger partial charge in [0.05, 0.1) is 8.07 Å². The molecule has 126 valence electrons. The molecule has 0 heterocycles. The molecule has 0 radical (unpaired) electrons. The zero-order valence-corrected chi connectivity index (χ0v) is 16.7. The van der Waals surface area contributed by atoms with Crippen molar-refractivity contribution in [3.05, 3.63) is 23.8 Å². The summed E-state index contributed by atoms with van der Waals surface area (Å²) in [7, 11) is 0.198. The van der Waals surface area contributed by atoms with Gasteiger partial charge in [0, 0.05) is 7.11 Å². The monoisotopic (exact) mass is 322 g/mol. The molecule has 22 heavy (non-hydrogen) atoms. The van der Waals surface area contributed by atoms with Crippen molar-refractivity contribution in [1.82, 2.24) is 0 Å². The molecule has 0 N–H and O–H groups in total. The van der Waals surface area contributed by atoms with Crippen LogP contribution in [0.4, 0.5) is 0 Å². The first kappa shape index (κ1) is 19.2. The van der Waals surface area contributed by atoms with Gasteiger partial charge in [0.2, 0.25) is 0 Å². The Morgan fingerprint density at radius 3 is 2.23 bits per heavy atom. The van der Waals surface area contributed by atoms with Gasteiger partial charge in [-0.3, -0.25) is 0 Å². The fraction of sp³-hybridized carbons (Fsp3) is 0.684. The van der Waals surface area contributed by atoms with Gasteiger partial charge in [-0.25, -0.2) is 0 Å². The van der Waals surface area contributed by atoms with Crippen LogP contribution in [0.3, 0.4) is 0 Å². The predicted molar refractivity (Wildman–Crippen MR) is 99.0 cm³/mol. The molecule has 1 atom stereocenters. The molecule has 1 unspecified atom stereocenters. The SMILES string of the molecule is CCCC(c1ccc(OCOC)c([Si](C)(C)C)c1)C(C)(C)C. The molecule has 2 nitrogen and oxygen atoms in total. The third-order valence-electron chi connectivity index (χ3n) is 4.17. The number of rotatable bonds is 7. The minimum atomic E-state index is -1.47. The van der Waals surface area contributed by atoms with Crippen molar-refractivity contribution in [2.24, 2.45) is 5.41 Å². The van der Waals surface area contributed by atoms with Crippen LogP contribution >= 0.6 is 0 Å². The number of ether oxygens (including phenoxy) is 2. The molecule has 0 aromatic heterocycles. The summed E-state index contributed by atoms with van der Waals surface area (Å²) in [5, 5.41) is 1.40. The van der Waals surface area contributed by atoms with Gasteiger partial charge in [-0.15, -0.1) is 0 Å². The molecular weight excluding hydrogens is 288 g/mol. The van der Waals surface area contributed by atoms with E-state index in [0.717, 1.165) is 5.75 Å². The quantitative estimate of drug-likeness (QED) is 0.511. The van der Waals surface area contributed by atoms with Gasteiger partial charge in [-0.05, 0) is 34.6 Å². The van der Waals surface area contributed by atoms with E-state index < -0.39 is 8.07 Å². The summed E-state index contributed by atoms with van der Waals surface area (Å²) >= 11 is 0. The Labute approximate surface area is 138 Å². The van der Waals surface area contributed by atoms with Crippen LogP contribution in [-0.4, -0.2) is 22.0 Å². The maximum Gasteiger partial charge on any atom is 0.188 e. The van der Waals surface area contributed by atoms with Crippen molar-refractivity contribution < 1.29 is 9.47 Å². The van der Waals surface area contributed by atoms with Gasteiger partial charge in [0.1, 0.15) is 5.75 Å². The Hall–Kier alpha value is -0.803. The van der Waals surface area contributed by atoms with Crippen LogP contribution in [0.2, 0.25) is 19.6 Å². The average Bonchev–Trinajstić information content (AvgIpc) is 2.40. The third-order valence-corrected chi connectivity index (χ3v) is 6.18. The molecule has 1 aromatic carbocycles. The molecule has 0 aliphatic rings. The summed E-state index contributed by atoms with van der Waals surface area (Å²) in [6, 6.07) is 6.80. The summed E-state index contributed by atoms with van der Waals surface area (Å²) in [5.41, 5.74) is 1.73. The van der Waals surface area contributed by atoms with E-state index in [4.69, 9.17) is 9.47 Å². The van der Waals surface area contributed by atoms with Crippen molar-refractivity contribution in [2.75, 3.05) is 13.9 Å². The molecule has 0 amide bonds. The molecule has 1 aromatic rings. The van der Waals surface area contributed by atoms with Gasteiger partial charge < -0.3 is 9.47 Å². The summed E-state index contributed by atoms with van der Waals surface area (Å²) in [6.45, 7) is 16.7. The first-order valence-electron chi connectivity index (χ1n) is 8.37. The van der Waals surface area contributed by atoms with E-state index in [0.29, 0.717) is 12.7 Å². The van der Waals surface area contributed by atoms with Crippen LogP contribution in [0.15, 0.2) is 18.2 Å². The Bertz CT molecular complexity index is 469. The number of hydrogen-bond acceptors (Lipinski definition) is 2. The van der Waals surface area contributed by atoms with Crippen LogP contribution in [0.5, 0.6) is 5.75 Å². The molecule has 1 rings (SSSR count). The topological polar surface area (TPSA) is 18.5 Å². The maximum atomic E-state index is 5.81. The highest BCUT2D eigenvalue weighted by molar-refractivity contribution is 6.89. The summed E-state index contributed by atoms with van der Waals surface area (Å²) in [5.74, 6) is 1.58. The third kappa shape index (κ3) is 5.13. The van der Waals surface area contributed by atoms with Gasteiger partial charge in [0.25, 0.3) is 0 Å². The summed E-state index contributed by atoms with van der Waals surface area (Å²) in [4.78, 5) is 0. The Balaban J connectivity index is 3.28. The van der Waals surface area contributed by atoms with Crippen LogP contribution in [0.1, 0.15) is 52.0 Å². The van der Waals surface area contributed by atoms with Gasteiger partial charge in [0.15, 0.2) is 6.79 Å². The van der Waals surface area contributed by atoms with Crippen molar-refractivity contribution in [3.63, 3.8) is 0 Å². The molecule has 0 saturated carbocycles. The highest BCUT2D eigenvalue weighted by Crippen LogP contribution is 2.39. The average molecular weight is 323 g/mol. The van der Waals surface area contributed by atoms with Gasteiger partial charge >= 0.3 is 0 Å². The number of hydrogen-bond donors (Lipinski definition) is 0. The van der Waals surface area contributed by atoms with E-state index in [1.807, 2.05) is 0 Å². The minimum absolute atomic E-state index is 0.279. The Morgan fingerprint density at radius 2 is 1.77 bits per heavy atom. The van der Waals surface area contributed by atoms with E-state index in [2.05, 4.69) is 65.5 Å². The van der Waals surface area contributed by atoms with Gasteiger partial charge in [-0.2, -0.15) is 0 Å². The van der Waals surface area contributed by atoms with Gasteiger partial charge in [-0.1, -0.05) is 65.9 Å². The normalized spacial score (nSPS) is 14.0. The van der Waals surface area contributed by atoms with Crippen molar-refractivity contribution in [2.45, 2.75) is 66.1 Å². The van der Waals surface area contributed by atoms with E-state index in [9.17, 15) is 0 Å². The van der Waals surface area contributed by atoms with Crippen LogP contribution in [0, 0.1) is 5.41 Å². The van der Waals surface area contributed by atoms with Crippen molar-refractivity contribution >= 4 is 13.3 Å². The van der Waals surface area contributed by atoms with Crippen LogP contribution in [-0.2, 0) is 4.74 Å². The summed E-state index contributed by atoms with van der Waals surface area (Å²) in [6.07, 6.45) is 2.44. The molecule has 0 fully saturated rings. The molecule has 0 spiro atoms. The largest absolute Gasteiger partial charge is 0.468 e. The lowest BCUT2D eigenvalue weighted by atomic mass is 9.74. The highest BCUT2D eigenvalue weighted by atomic mass is 28.3. The zero-order valence-electron chi connectivity index (χ0n) is 15.7. The predicted octanol–water partition coefficient (Wildman–Crippen LogP) is 5.14. The summed E-state index contributed by atoms with van der Waals surface area (Å²) < 4.78 is 10.9. The molecule has 0 aliphatic carbocycles. The second kappa shape index (κ2) is 7.65. The lowest BCUT2D eigenvalue weighted by molar-refractivity contribution is 0.0518. The standard InChI is InChI=1S/C19H34O2Si/c1-9-10-16(19(2,3)4)15-11-12-17(21-14-20-5)18(13-15)22(6,7)8/h11-13,16H,9-10,14H2,1-8H3. The maximum absolute atomic E-state index is 5.81.